The fraction of sp³-hybridized carbons (Fsp3) is 0.200. The smallest absolute Gasteiger partial charge is 0.387 e. The topological polar surface area (TPSA) is 51.1 Å². The van der Waals surface area contributed by atoms with E-state index in [1.807, 2.05) is 0 Å². The van der Waals surface area contributed by atoms with Gasteiger partial charge >= 0.3 is 6.61 Å². The van der Waals surface area contributed by atoms with Crippen LogP contribution < -0.4 is 4.74 Å². The van der Waals surface area contributed by atoms with Gasteiger partial charge in [-0.3, -0.25) is 9.69 Å². The normalized spacial score (nSPS) is 17.0. The highest BCUT2D eigenvalue weighted by Crippen LogP contribution is 2.34. The number of hydrogen-bond donors (Lipinski definition) is 0. The van der Waals surface area contributed by atoms with Crippen molar-refractivity contribution >= 4 is 46.2 Å². The molecule has 1 aliphatic rings. The van der Waals surface area contributed by atoms with Gasteiger partial charge in [0, 0.05) is 12.1 Å². The summed E-state index contributed by atoms with van der Waals surface area (Å²) in [5.74, 6) is -0.146. The molecule has 5 nitrogen and oxygen atoms in total. The molecule has 0 spiro atoms. The summed E-state index contributed by atoms with van der Waals surface area (Å²) in [7, 11) is 1.56. The quantitative estimate of drug-likeness (QED) is 0.558. The summed E-state index contributed by atoms with van der Waals surface area (Å²) in [5, 5.41) is 1.12. The third-order valence-electron chi connectivity index (χ3n) is 3.86. The Labute approximate surface area is 176 Å². The third-order valence-corrected chi connectivity index (χ3v) is 5.12. The molecule has 1 saturated heterocycles. The van der Waals surface area contributed by atoms with Crippen molar-refractivity contribution in [2.45, 2.75) is 6.61 Å². The van der Waals surface area contributed by atoms with Crippen molar-refractivity contribution in [1.29, 1.82) is 0 Å². The molecule has 0 bridgehead atoms. The molecule has 2 aromatic rings. The number of alkyl halides is 2. The Morgan fingerprint density at radius 3 is 2.48 bits per heavy atom. The Morgan fingerprint density at radius 2 is 1.86 bits per heavy atom. The molecule has 0 saturated carbocycles. The zero-order chi connectivity index (χ0) is 20.8. The number of ether oxygens (including phenoxy) is 2. The molecule has 0 atom stereocenters. The number of amides is 1. The number of aliphatic imine (C=N–C) groups is 1. The van der Waals surface area contributed by atoms with Crippen LogP contribution in [0.1, 0.15) is 5.56 Å². The Morgan fingerprint density at radius 1 is 1.17 bits per heavy atom. The van der Waals surface area contributed by atoms with E-state index in [0.717, 1.165) is 0 Å². The molecule has 9 heteroatoms. The Kier molecular flexibility index (Phi) is 7.24. The summed E-state index contributed by atoms with van der Waals surface area (Å²) in [6.45, 7) is -2.17. The third kappa shape index (κ3) is 5.79. The van der Waals surface area contributed by atoms with Crippen molar-refractivity contribution in [1.82, 2.24) is 4.90 Å². The number of benzene rings is 2. The van der Waals surface area contributed by atoms with Gasteiger partial charge in [0.15, 0.2) is 5.17 Å². The Hall–Kier alpha value is -2.42. The molecule has 3 rings (SSSR count). The second kappa shape index (κ2) is 9.87. The molecule has 2 aromatic carbocycles. The van der Waals surface area contributed by atoms with Crippen molar-refractivity contribution in [3.8, 4) is 5.75 Å². The van der Waals surface area contributed by atoms with Gasteiger partial charge in [0.25, 0.3) is 5.91 Å². The zero-order valence-corrected chi connectivity index (χ0v) is 16.9. The standard InChI is InChI=1S/C20H17ClF2N2O3S/c1-27-11-10-25-18(26)17(12-13-2-8-16(9-3-13)28-19(22)23)29-20(25)24-15-6-4-14(21)5-7-15/h2-9,12,19H,10-11H2,1H3/b17-12-,24-20?. The van der Waals surface area contributed by atoms with E-state index in [9.17, 15) is 13.6 Å². The van der Waals surface area contributed by atoms with Crippen LogP contribution in [-0.4, -0.2) is 42.8 Å². The highest BCUT2D eigenvalue weighted by Gasteiger charge is 2.33. The predicted molar refractivity (Wildman–Crippen MR) is 111 cm³/mol. The first-order chi connectivity index (χ1) is 14.0. The van der Waals surface area contributed by atoms with Gasteiger partial charge in [0.2, 0.25) is 0 Å². The van der Waals surface area contributed by atoms with Gasteiger partial charge in [0.1, 0.15) is 5.75 Å². The first-order valence-electron chi connectivity index (χ1n) is 8.56. The van der Waals surface area contributed by atoms with Gasteiger partial charge in [-0.1, -0.05) is 23.7 Å². The second-order valence-electron chi connectivity index (χ2n) is 5.88. The molecule has 152 valence electrons. The minimum Gasteiger partial charge on any atom is -0.435 e. The van der Waals surface area contributed by atoms with Gasteiger partial charge in [-0.05, 0) is 59.8 Å². The summed E-state index contributed by atoms with van der Waals surface area (Å²) < 4.78 is 34.0. The van der Waals surface area contributed by atoms with Gasteiger partial charge in [-0.25, -0.2) is 4.99 Å². The lowest BCUT2D eigenvalue weighted by Crippen LogP contribution is -2.32. The van der Waals surface area contributed by atoms with E-state index in [-0.39, 0.29) is 11.7 Å². The molecule has 0 radical (unpaired) electrons. The van der Waals surface area contributed by atoms with Gasteiger partial charge < -0.3 is 9.47 Å². The van der Waals surface area contributed by atoms with Crippen LogP contribution in [-0.2, 0) is 9.53 Å². The number of amidine groups is 1. The van der Waals surface area contributed by atoms with E-state index in [4.69, 9.17) is 16.3 Å². The van der Waals surface area contributed by atoms with E-state index in [1.165, 1.54) is 23.9 Å². The molecule has 1 fully saturated rings. The lowest BCUT2D eigenvalue weighted by atomic mass is 10.2. The molecule has 0 unspecified atom stereocenters. The maximum absolute atomic E-state index is 12.8. The van der Waals surface area contributed by atoms with Crippen LogP contribution in [0.3, 0.4) is 0 Å². The van der Waals surface area contributed by atoms with E-state index in [2.05, 4.69) is 9.73 Å². The van der Waals surface area contributed by atoms with Crippen LogP contribution in [0.4, 0.5) is 14.5 Å². The molecule has 0 N–H and O–H groups in total. The number of carbonyl (C=O) groups is 1. The van der Waals surface area contributed by atoms with Crippen LogP contribution in [0.5, 0.6) is 5.75 Å². The van der Waals surface area contributed by atoms with E-state index in [0.29, 0.717) is 39.5 Å². The van der Waals surface area contributed by atoms with E-state index < -0.39 is 6.61 Å². The number of hydrogen-bond acceptors (Lipinski definition) is 5. The average molecular weight is 439 g/mol. The van der Waals surface area contributed by atoms with Crippen molar-refractivity contribution in [3.05, 3.63) is 64.0 Å². The maximum Gasteiger partial charge on any atom is 0.387 e. The first kappa shape index (κ1) is 21.3. The molecular weight excluding hydrogens is 422 g/mol. The summed E-state index contributed by atoms with van der Waals surface area (Å²) in [4.78, 5) is 19.4. The summed E-state index contributed by atoms with van der Waals surface area (Å²) in [5.41, 5.74) is 1.35. The van der Waals surface area contributed by atoms with Crippen molar-refractivity contribution in [2.24, 2.45) is 4.99 Å². The Bertz CT molecular complexity index is 918. The van der Waals surface area contributed by atoms with Crippen LogP contribution in [0.2, 0.25) is 5.02 Å². The minimum atomic E-state index is -2.88. The fourth-order valence-corrected chi connectivity index (χ4v) is 3.64. The largest absolute Gasteiger partial charge is 0.435 e. The second-order valence-corrected chi connectivity index (χ2v) is 7.32. The summed E-state index contributed by atoms with van der Waals surface area (Å²) >= 11 is 7.14. The van der Waals surface area contributed by atoms with Gasteiger partial charge in [-0.2, -0.15) is 8.78 Å². The molecule has 0 aromatic heterocycles. The summed E-state index contributed by atoms with van der Waals surface area (Å²) in [6.07, 6.45) is 1.68. The molecule has 29 heavy (non-hydrogen) atoms. The van der Waals surface area contributed by atoms with Crippen LogP contribution in [0.15, 0.2) is 58.4 Å². The zero-order valence-electron chi connectivity index (χ0n) is 15.3. The SMILES string of the molecule is COCCN1C(=O)/C(=C/c2ccc(OC(F)F)cc2)SC1=Nc1ccc(Cl)cc1. The molecule has 1 heterocycles. The van der Waals surface area contributed by atoms with E-state index >= 15 is 0 Å². The van der Waals surface area contributed by atoms with Gasteiger partial charge in [0.05, 0.1) is 23.7 Å². The number of methoxy groups -OCH3 is 1. The monoisotopic (exact) mass is 438 g/mol. The highest BCUT2D eigenvalue weighted by molar-refractivity contribution is 8.18. The van der Waals surface area contributed by atoms with Crippen LogP contribution in [0.25, 0.3) is 6.08 Å². The minimum absolute atomic E-state index is 0.0549. The van der Waals surface area contributed by atoms with Crippen LogP contribution in [0, 0.1) is 0 Å². The Balaban J connectivity index is 1.85. The van der Waals surface area contributed by atoms with Crippen molar-refractivity contribution in [2.75, 3.05) is 20.3 Å². The van der Waals surface area contributed by atoms with Gasteiger partial charge in [-0.15, -0.1) is 0 Å². The fourth-order valence-electron chi connectivity index (χ4n) is 2.49. The first-order valence-corrected chi connectivity index (χ1v) is 9.75. The number of carbonyl (C=O) groups excluding carboxylic acids is 1. The molecule has 1 amide bonds. The van der Waals surface area contributed by atoms with E-state index in [1.54, 1.807) is 54.5 Å². The average Bonchev–Trinajstić information content (AvgIpc) is 2.97. The summed E-state index contributed by atoms with van der Waals surface area (Å²) in [6, 6.07) is 13.0. The molecule has 0 aliphatic carbocycles. The number of halogens is 3. The van der Waals surface area contributed by atoms with Crippen LogP contribution >= 0.6 is 23.4 Å². The lowest BCUT2D eigenvalue weighted by molar-refractivity contribution is -0.122. The lowest BCUT2D eigenvalue weighted by Gasteiger charge is -2.14. The number of nitrogens with zero attached hydrogens (tertiary/aromatic N) is 2. The maximum atomic E-state index is 12.8. The number of rotatable bonds is 7. The predicted octanol–water partition coefficient (Wildman–Crippen LogP) is 5.19. The number of thioether (sulfide) groups is 1. The molecular formula is C20H17ClF2N2O3S. The van der Waals surface area contributed by atoms with Crippen molar-refractivity contribution < 1.29 is 23.0 Å². The van der Waals surface area contributed by atoms with Crippen molar-refractivity contribution in [3.63, 3.8) is 0 Å². The highest BCUT2D eigenvalue weighted by atomic mass is 35.5. The molecule has 1 aliphatic heterocycles.